The molecule has 2 fully saturated rings. The molecule has 3 heterocycles. The minimum absolute atomic E-state index is 0.0414. The number of carbonyl (C=O) groups excluding carboxylic acids is 1. The van der Waals surface area contributed by atoms with Crippen LogP contribution in [0.2, 0.25) is 0 Å². The summed E-state index contributed by atoms with van der Waals surface area (Å²) in [5.41, 5.74) is 1.70. The van der Waals surface area contributed by atoms with Gasteiger partial charge in [-0.3, -0.25) is 9.78 Å². The molecule has 2 aliphatic rings. The summed E-state index contributed by atoms with van der Waals surface area (Å²) in [6, 6.07) is 5.75. The van der Waals surface area contributed by atoms with Crippen molar-refractivity contribution in [3.05, 3.63) is 46.3 Å². The van der Waals surface area contributed by atoms with Crippen LogP contribution in [0.25, 0.3) is 0 Å². The molecule has 0 bridgehead atoms. The molecule has 6 nitrogen and oxygen atoms in total. The predicted octanol–water partition coefficient (Wildman–Crippen LogP) is 3.44. The first-order valence-corrected chi connectivity index (χ1v) is 9.84. The molecule has 1 aliphatic carbocycles. The van der Waals surface area contributed by atoms with Crippen LogP contribution in [0.1, 0.15) is 47.7 Å². The number of ether oxygens (including phenoxy) is 1. The van der Waals surface area contributed by atoms with E-state index in [0.717, 1.165) is 36.1 Å². The highest BCUT2D eigenvalue weighted by atomic mass is 79.9. The highest BCUT2D eigenvalue weighted by molar-refractivity contribution is 9.10. The smallest absolute Gasteiger partial charge is 0.255 e. The zero-order valence-corrected chi connectivity index (χ0v) is 16.1. The SMILES string of the molecule is O=C(c1cncc(Br)c1)N1CCC(COc2ccc(C3CC3)nn2)CC1. The Kier molecular flexibility index (Phi) is 5.15. The fourth-order valence-electron chi connectivity index (χ4n) is 3.22. The van der Waals surface area contributed by atoms with E-state index < -0.39 is 0 Å². The van der Waals surface area contributed by atoms with Gasteiger partial charge in [0.15, 0.2) is 0 Å². The molecular weight excluding hydrogens is 396 g/mol. The molecule has 0 unspecified atom stereocenters. The monoisotopic (exact) mass is 416 g/mol. The van der Waals surface area contributed by atoms with Gasteiger partial charge in [0, 0.05) is 41.9 Å². The van der Waals surface area contributed by atoms with Gasteiger partial charge in [0.05, 0.1) is 17.9 Å². The van der Waals surface area contributed by atoms with Crippen molar-refractivity contribution in [2.45, 2.75) is 31.6 Å². The summed E-state index contributed by atoms with van der Waals surface area (Å²) in [5.74, 6) is 1.68. The van der Waals surface area contributed by atoms with Crippen LogP contribution in [0.4, 0.5) is 0 Å². The molecular formula is C19H21BrN4O2. The lowest BCUT2D eigenvalue weighted by Crippen LogP contribution is -2.39. The Morgan fingerprint density at radius 1 is 1.15 bits per heavy atom. The van der Waals surface area contributed by atoms with E-state index in [9.17, 15) is 4.79 Å². The molecule has 0 aromatic carbocycles. The van der Waals surface area contributed by atoms with E-state index >= 15 is 0 Å². The number of amides is 1. The highest BCUT2D eigenvalue weighted by Crippen LogP contribution is 2.38. The third-order valence-electron chi connectivity index (χ3n) is 4.98. The summed E-state index contributed by atoms with van der Waals surface area (Å²) >= 11 is 3.36. The third kappa shape index (κ3) is 4.20. The predicted molar refractivity (Wildman–Crippen MR) is 100 cm³/mol. The summed E-state index contributed by atoms with van der Waals surface area (Å²) in [7, 11) is 0. The maximum atomic E-state index is 12.5. The van der Waals surface area contributed by atoms with Gasteiger partial charge in [-0.1, -0.05) is 0 Å². The maximum Gasteiger partial charge on any atom is 0.255 e. The van der Waals surface area contributed by atoms with Crippen molar-refractivity contribution in [1.29, 1.82) is 0 Å². The molecule has 0 radical (unpaired) electrons. The van der Waals surface area contributed by atoms with E-state index in [1.54, 1.807) is 12.4 Å². The zero-order chi connectivity index (χ0) is 17.9. The molecule has 2 aromatic heterocycles. The van der Waals surface area contributed by atoms with Gasteiger partial charge < -0.3 is 9.64 Å². The lowest BCUT2D eigenvalue weighted by atomic mass is 9.97. The number of likely N-dealkylation sites (tertiary alicyclic amines) is 1. The molecule has 1 amide bonds. The minimum Gasteiger partial charge on any atom is -0.476 e. The zero-order valence-electron chi connectivity index (χ0n) is 14.5. The van der Waals surface area contributed by atoms with Crippen LogP contribution in [0, 0.1) is 5.92 Å². The Morgan fingerprint density at radius 3 is 2.62 bits per heavy atom. The second-order valence-electron chi connectivity index (χ2n) is 7.01. The van der Waals surface area contributed by atoms with E-state index in [0.29, 0.717) is 29.9 Å². The maximum absolute atomic E-state index is 12.5. The van der Waals surface area contributed by atoms with Crippen LogP contribution >= 0.6 is 15.9 Å². The van der Waals surface area contributed by atoms with Crippen molar-refractivity contribution in [3.63, 3.8) is 0 Å². The van der Waals surface area contributed by atoms with Gasteiger partial charge in [0.25, 0.3) is 5.91 Å². The van der Waals surface area contributed by atoms with Crippen LogP contribution in [-0.2, 0) is 0 Å². The third-order valence-corrected chi connectivity index (χ3v) is 5.41. The van der Waals surface area contributed by atoms with Crippen molar-refractivity contribution < 1.29 is 9.53 Å². The second kappa shape index (κ2) is 7.70. The van der Waals surface area contributed by atoms with Crippen LogP contribution in [0.15, 0.2) is 35.1 Å². The quantitative estimate of drug-likeness (QED) is 0.746. The Labute approximate surface area is 161 Å². The van der Waals surface area contributed by atoms with Gasteiger partial charge in [0.1, 0.15) is 0 Å². The molecule has 7 heteroatoms. The molecule has 1 saturated carbocycles. The first kappa shape index (κ1) is 17.4. The van der Waals surface area contributed by atoms with E-state index in [2.05, 4.69) is 31.1 Å². The number of hydrogen-bond acceptors (Lipinski definition) is 5. The number of piperidine rings is 1. The Morgan fingerprint density at radius 2 is 1.96 bits per heavy atom. The lowest BCUT2D eigenvalue weighted by Gasteiger charge is -2.31. The molecule has 0 atom stereocenters. The summed E-state index contributed by atoms with van der Waals surface area (Å²) < 4.78 is 6.62. The van der Waals surface area contributed by atoms with Gasteiger partial charge in [-0.2, -0.15) is 5.10 Å². The van der Waals surface area contributed by atoms with Crippen LogP contribution < -0.4 is 4.74 Å². The lowest BCUT2D eigenvalue weighted by molar-refractivity contribution is 0.0658. The molecule has 2 aromatic rings. The van der Waals surface area contributed by atoms with Crippen molar-refractivity contribution in [1.82, 2.24) is 20.1 Å². The first-order chi connectivity index (χ1) is 12.7. The van der Waals surface area contributed by atoms with Gasteiger partial charge in [0.2, 0.25) is 5.88 Å². The van der Waals surface area contributed by atoms with Crippen LogP contribution in [0.5, 0.6) is 5.88 Å². The standard InChI is InChI=1S/C19H21BrN4O2/c20-16-9-15(10-21-11-16)19(25)24-7-5-13(6-8-24)12-26-18-4-3-17(22-23-18)14-1-2-14/h3-4,9-11,13-14H,1-2,5-8,12H2. The second-order valence-corrected chi connectivity index (χ2v) is 7.92. The first-order valence-electron chi connectivity index (χ1n) is 9.05. The molecule has 136 valence electrons. The molecule has 4 rings (SSSR count). The van der Waals surface area contributed by atoms with Gasteiger partial charge >= 0.3 is 0 Å². The van der Waals surface area contributed by atoms with Crippen molar-refractivity contribution in [3.8, 4) is 5.88 Å². The Bertz CT molecular complexity index is 771. The number of hydrogen-bond donors (Lipinski definition) is 0. The minimum atomic E-state index is 0.0414. The number of aromatic nitrogens is 3. The van der Waals surface area contributed by atoms with Gasteiger partial charge in [-0.25, -0.2) is 0 Å². The van der Waals surface area contributed by atoms with E-state index in [4.69, 9.17) is 4.74 Å². The average molecular weight is 417 g/mol. The van der Waals surface area contributed by atoms with Crippen molar-refractivity contribution in [2.75, 3.05) is 19.7 Å². The number of halogens is 1. The summed E-state index contributed by atoms with van der Waals surface area (Å²) in [5, 5.41) is 8.41. The summed E-state index contributed by atoms with van der Waals surface area (Å²) in [6.45, 7) is 2.11. The topological polar surface area (TPSA) is 68.2 Å². The van der Waals surface area contributed by atoms with Gasteiger partial charge in [-0.05, 0) is 59.7 Å². The van der Waals surface area contributed by atoms with E-state index in [1.807, 2.05) is 23.1 Å². The largest absolute Gasteiger partial charge is 0.476 e. The molecule has 1 aliphatic heterocycles. The Balaban J connectivity index is 1.25. The summed E-state index contributed by atoms with van der Waals surface area (Å²) in [6.07, 6.45) is 7.61. The summed E-state index contributed by atoms with van der Waals surface area (Å²) in [4.78, 5) is 18.5. The van der Waals surface area contributed by atoms with Gasteiger partial charge in [-0.15, -0.1) is 5.10 Å². The number of rotatable bonds is 5. The number of pyridine rings is 1. The van der Waals surface area contributed by atoms with Crippen LogP contribution in [-0.4, -0.2) is 45.7 Å². The molecule has 1 saturated heterocycles. The van der Waals surface area contributed by atoms with Crippen LogP contribution in [0.3, 0.4) is 0 Å². The molecule has 0 spiro atoms. The van der Waals surface area contributed by atoms with E-state index in [-0.39, 0.29) is 5.91 Å². The van der Waals surface area contributed by atoms with Crippen molar-refractivity contribution in [2.24, 2.45) is 5.92 Å². The number of carbonyl (C=O) groups is 1. The highest BCUT2D eigenvalue weighted by Gasteiger charge is 2.26. The molecule has 0 N–H and O–H groups in total. The van der Waals surface area contributed by atoms with Crippen molar-refractivity contribution >= 4 is 21.8 Å². The average Bonchev–Trinajstić information content (AvgIpc) is 3.52. The van der Waals surface area contributed by atoms with E-state index in [1.165, 1.54) is 12.8 Å². The normalized spacial score (nSPS) is 18.0. The fourth-order valence-corrected chi connectivity index (χ4v) is 3.59. The number of nitrogens with zero attached hydrogens (tertiary/aromatic N) is 4. The molecule has 26 heavy (non-hydrogen) atoms. The Hall–Kier alpha value is -2.02. The fraction of sp³-hybridized carbons (Fsp3) is 0.474.